The maximum atomic E-state index is 5.72. The highest BCUT2D eigenvalue weighted by molar-refractivity contribution is 9.10. The second-order valence-corrected chi connectivity index (χ2v) is 6.26. The van der Waals surface area contributed by atoms with Crippen molar-refractivity contribution in [3.63, 3.8) is 0 Å². The van der Waals surface area contributed by atoms with Crippen molar-refractivity contribution in [1.82, 2.24) is 0 Å². The zero-order valence-corrected chi connectivity index (χ0v) is 11.4. The Morgan fingerprint density at radius 3 is 3.00 bits per heavy atom. The van der Waals surface area contributed by atoms with E-state index in [9.17, 15) is 0 Å². The molecule has 0 aliphatic rings. The van der Waals surface area contributed by atoms with E-state index in [2.05, 4.69) is 34.3 Å². The number of halogens is 2. The van der Waals surface area contributed by atoms with E-state index in [-0.39, 0.29) is 0 Å². The fourth-order valence-electron chi connectivity index (χ4n) is 0.835. The van der Waals surface area contributed by atoms with E-state index in [1.807, 2.05) is 23.1 Å². The SMILES string of the molecule is CC(CCl)CSCc1cc(Br)cs1. The minimum Gasteiger partial charge on any atom is -0.156 e. The third kappa shape index (κ3) is 4.73. The molecule has 0 nitrogen and oxygen atoms in total. The monoisotopic (exact) mass is 298 g/mol. The molecule has 0 aliphatic carbocycles. The lowest BCUT2D eigenvalue weighted by Crippen LogP contribution is -1.98. The van der Waals surface area contributed by atoms with E-state index < -0.39 is 0 Å². The van der Waals surface area contributed by atoms with Gasteiger partial charge in [-0.1, -0.05) is 6.92 Å². The van der Waals surface area contributed by atoms with Crippen LogP contribution in [0.15, 0.2) is 15.9 Å². The highest BCUT2D eigenvalue weighted by atomic mass is 79.9. The van der Waals surface area contributed by atoms with Crippen LogP contribution in [0.4, 0.5) is 0 Å². The Morgan fingerprint density at radius 2 is 2.46 bits per heavy atom. The molecule has 4 heteroatoms. The van der Waals surface area contributed by atoms with Gasteiger partial charge in [-0.05, 0) is 33.7 Å². The van der Waals surface area contributed by atoms with E-state index in [0.29, 0.717) is 5.92 Å². The fourth-order valence-corrected chi connectivity index (χ4v) is 3.75. The molecule has 0 spiro atoms. The van der Waals surface area contributed by atoms with Crippen LogP contribution in [-0.2, 0) is 5.75 Å². The molecule has 0 fully saturated rings. The van der Waals surface area contributed by atoms with Gasteiger partial charge < -0.3 is 0 Å². The highest BCUT2D eigenvalue weighted by Crippen LogP contribution is 2.24. The molecule has 13 heavy (non-hydrogen) atoms. The van der Waals surface area contributed by atoms with Crippen molar-refractivity contribution in [2.75, 3.05) is 11.6 Å². The summed E-state index contributed by atoms with van der Waals surface area (Å²) < 4.78 is 1.19. The van der Waals surface area contributed by atoms with Crippen LogP contribution in [0.5, 0.6) is 0 Å². The van der Waals surface area contributed by atoms with Gasteiger partial charge in [0.2, 0.25) is 0 Å². The van der Waals surface area contributed by atoms with E-state index in [4.69, 9.17) is 11.6 Å². The number of thiophene rings is 1. The topological polar surface area (TPSA) is 0 Å². The second kappa shape index (κ2) is 6.33. The quantitative estimate of drug-likeness (QED) is 0.715. The van der Waals surface area contributed by atoms with Gasteiger partial charge >= 0.3 is 0 Å². The number of hydrogen-bond acceptors (Lipinski definition) is 2. The first-order valence-corrected chi connectivity index (χ1v) is 7.45. The zero-order chi connectivity index (χ0) is 9.68. The summed E-state index contributed by atoms with van der Waals surface area (Å²) in [7, 11) is 0. The highest BCUT2D eigenvalue weighted by Gasteiger charge is 2.01. The summed E-state index contributed by atoms with van der Waals surface area (Å²) in [6.07, 6.45) is 0. The Morgan fingerprint density at radius 1 is 1.69 bits per heavy atom. The lowest BCUT2D eigenvalue weighted by Gasteiger charge is -2.04. The van der Waals surface area contributed by atoms with Gasteiger partial charge in [0, 0.05) is 26.4 Å². The molecule has 0 aliphatic heterocycles. The van der Waals surface area contributed by atoms with Crippen LogP contribution < -0.4 is 0 Å². The minimum atomic E-state index is 0.620. The summed E-state index contributed by atoms with van der Waals surface area (Å²) in [6, 6.07) is 2.18. The van der Waals surface area contributed by atoms with Gasteiger partial charge in [0.05, 0.1) is 0 Å². The van der Waals surface area contributed by atoms with Crippen molar-refractivity contribution in [1.29, 1.82) is 0 Å². The Bertz CT molecular complexity index is 250. The van der Waals surface area contributed by atoms with Gasteiger partial charge in [0.25, 0.3) is 0 Å². The molecule has 74 valence electrons. The average molecular weight is 300 g/mol. The van der Waals surface area contributed by atoms with Gasteiger partial charge in [-0.25, -0.2) is 0 Å². The van der Waals surface area contributed by atoms with E-state index in [1.54, 1.807) is 0 Å². The predicted octanol–water partition coefficient (Wildman–Crippen LogP) is 4.62. The third-order valence-electron chi connectivity index (χ3n) is 1.53. The summed E-state index contributed by atoms with van der Waals surface area (Å²) in [4.78, 5) is 1.43. The molecule has 1 atom stereocenters. The second-order valence-electron chi connectivity index (χ2n) is 3.01. The number of hydrogen-bond donors (Lipinski definition) is 0. The summed E-state index contributed by atoms with van der Waals surface area (Å²) in [5.74, 6) is 3.65. The van der Waals surface area contributed by atoms with Gasteiger partial charge in [-0.15, -0.1) is 22.9 Å². The van der Waals surface area contributed by atoms with Crippen LogP contribution in [0.3, 0.4) is 0 Å². The largest absolute Gasteiger partial charge is 0.156 e. The van der Waals surface area contributed by atoms with Crippen LogP contribution in [0.25, 0.3) is 0 Å². The van der Waals surface area contributed by atoms with Crippen LogP contribution in [0.2, 0.25) is 0 Å². The lowest BCUT2D eigenvalue weighted by atomic mass is 10.3. The Hall–Kier alpha value is 0.820. The van der Waals surface area contributed by atoms with Crippen molar-refractivity contribution in [2.24, 2.45) is 5.92 Å². The maximum Gasteiger partial charge on any atom is 0.0285 e. The average Bonchev–Trinajstić information content (AvgIpc) is 2.51. The molecule has 1 heterocycles. The van der Waals surface area contributed by atoms with Crippen LogP contribution >= 0.6 is 50.6 Å². The summed E-state index contributed by atoms with van der Waals surface area (Å²) in [6.45, 7) is 2.18. The molecular weight excluding hydrogens is 288 g/mol. The van der Waals surface area contributed by atoms with Crippen LogP contribution in [0, 0.1) is 5.92 Å². The van der Waals surface area contributed by atoms with Gasteiger partial charge in [-0.3, -0.25) is 0 Å². The molecule has 1 unspecified atom stereocenters. The third-order valence-corrected chi connectivity index (χ3v) is 5.26. The van der Waals surface area contributed by atoms with Gasteiger partial charge in [0.15, 0.2) is 0 Å². The van der Waals surface area contributed by atoms with Crippen molar-refractivity contribution in [3.05, 3.63) is 20.8 Å². The Balaban J connectivity index is 2.20. The van der Waals surface area contributed by atoms with Crippen LogP contribution in [0.1, 0.15) is 11.8 Å². The zero-order valence-electron chi connectivity index (χ0n) is 7.43. The number of rotatable bonds is 5. The smallest absolute Gasteiger partial charge is 0.0285 e. The van der Waals surface area contributed by atoms with Crippen molar-refractivity contribution in [2.45, 2.75) is 12.7 Å². The molecule has 0 aromatic carbocycles. The van der Waals surface area contributed by atoms with E-state index in [1.165, 1.54) is 9.35 Å². The molecule has 0 amide bonds. The van der Waals surface area contributed by atoms with E-state index >= 15 is 0 Å². The Kier molecular flexibility index (Phi) is 5.79. The molecule has 1 aromatic rings. The molecule has 0 saturated heterocycles. The summed E-state index contributed by atoms with van der Waals surface area (Å²) >= 11 is 12.9. The standard InChI is InChI=1S/C9H12BrClS2/c1-7(3-11)4-12-6-9-2-8(10)5-13-9/h2,5,7H,3-4,6H2,1H3. The molecule has 0 bridgehead atoms. The normalized spacial score (nSPS) is 13.2. The first kappa shape index (κ1) is 11.9. The molecule has 1 aromatic heterocycles. The van der Waals surface area contributed by atoms with E-state index in [0.717, 1.165) is 17.4 Å². The summed E-state index contributed by atoms with van der Waals surface area (Å²) in [5.41, 5.74) is 0. The lowest BCUT2D eigenvalue weighted by molar-refractivity contribution is 0.759. The Labute approximate surface area is 101 Å². The predicted molar refractivity (Wildman–Crippen MR) is 68.1 cm³/mol. The summed E-state index contributed by atoms with van der Waals surface area (Å²) in [5, 5.41) is 2.13. The van der Waals surface area contributed by atoms with Crippen molar-refractivity contribution in [3.8, 4) is 0 Å². The van der Waals surface area contributed by atoms with Crippen molar-refractivity contribution < 1.29 is 0 Å². The molecule has 0 N–H and O–H groups in total. The minimum absolute atomic E-state index is 0.620. The first-order chi connectivity index (χ1) is 6.22. The fraction of sp³-hybridized carbons (Fsp3) is 0.556. The first-order valence-electron chi connectivity index (χ1n) is 4.09. The van der Waals surface area contributed by atoms with Gasteiger partial charge in [-0.2, -0.15) is 11.8 Å². The molecule has 0 radical (unpaired) electrons. The number of thioether (sulfide) groups is 1. The molecule has 0 saturated carbocycles. The maximum absolute atomic E-state index is 5.72. The van der Waals surface area contributed by atoms with Crippen LogP contribution in [-0.4, -0.2) is 11.6 Å². The molecule has 1 rings (SSSR count). The van der Waals surface area contributed by atoms with Crippen molar-refractivity contribution >= 4 is 50.6 Å². The van der Waals surface area contributed by atoms with Gasteiger partial charge in [0.1, 0.15) is 0 Å². The number of alkyl halides is 1. The molecular formula is C9H12BrClS2.